The van der Waals surface area contributed by atoms with Gasteiger partial charge in [-0.3, -0.25) is 9.36 Å². The van der Waals surface area contributed by atoms with E-state index < -0.39 is 26.6 Å². The zero-order chi connectivity index (χ0) is 59.8. The number of hydrogen-bond donors (Lipinski definition) is 2. The van der Waals surface area contributed by atoms with Gasteiger partial charge in [0.1, 0.15) is 13.2 Å². The Hall–Kier alpha value is -2.06. The number of hydrogen-bond acceptors (Lipinski definition) is 6. The molecule has 3 unspecified atom stereocenters. The monoisotopic (exact) mass is 1170 g/mol. The highest BCUT2D eigenvalue weighted by Gasteiger charge is 2.23. The number of likely N-dealkylation sites (N-methyl/N-ethyl adjacent to an activating group) is 1. The van der Waals surface area contributed by atoms with E-state index in [1.807, 2.05) is 27.2 Å². The molecule has 8 nitrogen and oxygen atoms in total. The molecule has 3 atom stereocenters. The molecule has 0 aliphatic carbocycles. The van der Waals surface area contributed by atoms with Crippen LogP contribution < -0.4 is 10.2 Å². The van der Waals surface area contributed by atoms with Crippen molar-refractivity contribution in [2.75, 3.05) is 40.9 Å². The summed E-state index contributed by atoms with van der Waals surface area (Å²) >= 11 is 0. The number of unbranched alkanes of at least 4 members (excludes halogenated alkanes) is 42. The molecule has 0 rings (SSSR count). The van der Waals surface area contributed by atoms with Crippen LogP contribution in [0.25, 0.3) is 0 Å². The van der Waals surface area contributed by atoms with Gasteiger partial charge in [-0.05, 0) is 83.5 Å². The van der Waals surface area contributed by atoms with Crippen LogP contribution in [0, 0.1) is 0 Å². The molecular formula is C73H137N2O6P. The molecule has 1 amide bonds. The number of phosphoric acid groups is 1. The first-order chi connectivity index (χ1) is 40.0. The molecule has 9 heteroatoms. The zero-order valence-electron chi connectivity index (χ0n) is 54.9. The van der Waals surface area contributed by atoms with Crippen molar-refractivity contribution in [3.63, 3.8) is 0 Å². The SMILES string of the molecule is CCCCCCC/C=C\C/C=C\C/C=C\CCCCCCCCCCCCCCCCCCCCCCCCCCC(=O)NC(COP(=O)([O-])OCC[N+](C)(C)C)C(O)/C=C/CC/C=C/CC/C=C/CCCCCCCCCCCCC. The number of quaternary nitrogens is 1. The van der Waals surface area contributed by atoms with Crippen molar-refractivity contribution >= 4 is 13.7 Å². The van der Waals surface area contributed by atoms with E-state index in [9.17, 15) is 19.4 Å². The highest BCUT2D eigenvalue weighted by molar-refractivity contribution is 7.45. The van der Waals surface area contributed by atoms with Crippen molar-refractivity contribution in [2.24, 2.45) is 0 Å². The van der Waals surface area contributed by atoms with E-state index in [1.165, 1.54) is 257 Å². The van der Waals surface area contributed by atoms with Gasteiger partial charge < -0.3 is 28.8 Å². The Morgan fingerprint density at radius 1 is 0.427 bits per heavy atom. The number of carbonyl (C=O) groups excluding carboxylic acids is 1. The molecular weight excluding hydrogens is 1030 g/mol. The second-order valence-corrected chi connectivity index (χ2v) is 26.6. The Morgan fingerprint density at radius 2 is 0.720 bits per heavy atom. The van der Waals surface area contributed by atoms with Crippen LogP contribution in [0.2, 0.25) is 0 Å². The van der Waals surface area contributed by atoms with Gasteiger partial charge in [0.2, 0.25) is 5.91 Å². The Kier molecular flexibility index (Phi) is 61.8. The van der Waals surface area contributed by atoms with Crippen LogP contribution in [-0.2, 0) is 18.4 Å². The van der Waals surface area contributed by atoms with Crippen LogP contribution in [0.1, 0.15) is 335 Å². The summed E-state index contributed by atoms with van der Waals surface area (Å²) in [5, 5.41) is 13.9. The summed E-state index contributed by atoms with van der Waals surface area (Å²) in [6.07, 6.45) is 89.0. The summed E-state index contributed by atoms with van der Waals surface area (Å²) in [5.74, 6) is -0.207. The average Bonchev–Trinajstić information content (AvgIpc) is 3.46. The quantitative estimate of drug-likeness (QED) is 0.0272. The molecule has 0 heterocycles. The van der Waals surface area contributed by atoms with E-state index in [2.05, 4.69) is 79.9 Å². The number of phosphoric ester groups is 1. The molecule has 0 aromatic heterocycles. The first-order valence-corrected chi connectivity index (χ1v) is 36.8. The summed E-state index contributed by atoms with van der Waals surface area (Å²) in [6.45, 7) is 4.64. The molecule has 0 radical (unpaired) electrons. The van der Waals surface area contributed by atoms with Gasteiger partial charge in [0.15, 0.2) is 0 Å². The van der Waals surface area contributed by atoms with Gasteiger partial charge in [0.25, 0.3) is 7.82 Å². The van der Waals surface area contributed by atoms with Gasteiger partial charge in [-0.2, -0.15) is 0 Å². The number of amides is 1. The summed E-state index contributed by atoms with van der Waals surface area (Å²) in [4.78, 5) is 25.6. The topological polar surface area (TPSA) is 108 Å². The minimum Gasteiger partial charge on any atom is -0.756 e. The lowest BCUT2D eigenvalue weighted by atomic mass is 10.0. The second kappa shape index (κ2) is 63.4. The predicted molar refractivity (Wildman–Crippen MR) is 357 cm³/mol. The molecule has 0 fully saturated rings. The third-order valence-electron chi connectivity index (χ3n) is 15.9. The first kappa shape index (κ1) is 79.9. The second-order valence-electron chi connectivity index (χ2n) is 25.2. The predicted octanol–water partition coefficient (Wildman–Crippen LogP) is 21.9. The molecule has 2 N–H and O–H groups in total. The number of carbonyl (C=O) groups is 1. The molecule has 0 bridgehead atoms. The van der Waals surface area contributed by atoms with Crippen molar-refractivity contribution in [3.8, 4) is 0 Å². The number of aliphatic hydroxyl groups excluding tert-OH is 1. The maximum absolute atomic E-state index is 13.0. The molecule has 0 aliphatic rings. The van der Waals surface area contributed by atoms with E-state index >= 15 is 0 Å². The van der Waals surface area contributed by atoms with Gasteiger partial charge in [0.05, 0.1) is 39.9 Å². The zero-order valence-corrected chi connectivity index (χ0v) is 55.8. The summed E-state index contributed by atoms with van der Waals surface area (Å²) in [7, 11) is 1.24. The minimum absolute atomic E-state index is 0.00920. The fourth-order valence-corrected chi connectivity index (χ4v) is 11.1. The molecule has 0 saturated carbocycles. The molecule has 0 aromatic carbocycles. The third-order valence-corrected chi connectivity index (χ3v) is 16.8. The Bertz CT molecular complexity index is 1570. The maximum atomic E-state index is 13.0. The summed E-state index contributed by atoms with van der Waals surface area (Å²) < 4.78 is 23.4. The van der Waals surface area contributed by atoms with Crippen molar-refractivity contribution in [1.29, 1.82) is 0 Å². The maximum Gasteiger partial charge on any atom is 0.268 e. The first-order valence-electron chi connectivity index (χ1n) is 35.3. The van der Waals surface area contributed by atoms with Gasteiger partial charge in [-0.15, -0.1) is 0 Å². The van der Waals surface area contributed by atoms with Crippen LogP contribution in [0.3, 0.4) is 0 Å². The molecule has 480 valence electrons. The van der Waals surface area contributed by atoms with Crippen molar-refractivity contribution in [3.05, 3.63) is 72.9 Å². The standard InChI is InChI=1S/C73H137N2O6P/c1-6-8-10-12-14-16-18-20-22-24-26-28-29-30-31-32-33-34-35-36-37-38-39-40-41-42-43-44-45-47-49-51-53-55-57-59-61-63-65-67-73(77)74-71(70-81-82(78,79)80-69-68-75(3,4)5)72(76)66-64-62-60-58-56-54-52-50-48-46-27-25-23-21-19-17-15-13-11-9-7-2/h18,20,24,26,29-30,48,50,56,58,64,66,71-72,76H,6-17,19,21-23,25,27-28,31-47,49,51-55,57,59-63,65,67-70H2,1-5H3,(H-,74,77,78,79)/b20-18-,26-24-,30-29-,50-48+,58-56+,66-64+. The molecule has 0 aliphatic heterocycles. The van der Waals surface area contributed by atoms with Crippen LogP contribution in [-0.4, -0.2) is 68.5 Å². The molecule has 0 saturated heterocycles. The van der Waals surface area contributed by atoms with Crippen molar-refractivity contribution in [2.45, 2.75) is 347 Å². The fraction of sp³-hybridized carbons (Fsp3) is 0.822. The highest BCUT2D eigenvalue weighted by atomic mass is 31.2. The van der Waals surface area contributed by atoms with Gasteiger partial charge >= 0.3 is 0 Å². The van der Waals surface area contributed by atoms with E-state index in [0.717, 1.165) is 57.8 Å². The van der Waals surface area contributed by atoms with Crippen molar-refractivity contribution < 1.29 is 32.9 Å². The number of nitrogens with zero attached hydrogens (tertiary/aromatic N) is 1. The van der Waals surface area contributed by atoms with E-state index in [4.69, 9.17) is 9.05 Å². The molecule has 0 spiro atoms. The van der Waals surface area contributed by atoms with E-state index in [1.54, 1.807) is 6.08 Å². The average molecular weight is 1170 g/mol. The van der Waals surface area contributed by atoms with Gasteiger partial charge in [-0.1, -0.05) is 318 Å². The normalized spacial score (nSPS) is 14.1. The van der Waals surface area contributed by atoms with Crippen LogP contribution in [0.4, 0.5) is 0 Å². The Balaban J connectivity index is 4.00. The number of rotatable bonds is 65. The Morgan fingerprint density at radius 3 is 1.07 bits per heavy atom. The number of aliphatic hydroxyl groups is 1. The van der Waals surface area contributed by atoms with E-state index in [0.29, 0.717) is 17.4 Å². The summed E-state index contributed by atoms with van der Waals surface area (Å²) in [5.41, 5.74) is 0. The lowest BCUT2D eigenvalue weighted by molar-refractivity contribution is -0.870. The number of nitrogens with one attached hydrogen (secondary N) is 1. The Labute approximate surface area is 510 Å². The van der Waals surface area contributed by atoms with Crippen molar-refractivity contribution in [1.82, 2.24) is 5.32 Å². The fourth-order valence-electron chi connectivity index (χ4n) is 10.4. The molecule has 82 heavy (non-hydrogen) atoms. The lowest BCUT2D eigenvalue weighted by Crippen LogP contribution is -2.45. The highest BCUT2D eigenvalue weighted by Crippen LogP contribution is 2.38. The number of allylic oxidation sites excluding steroid dienone is 11. The summed E-state index contributed by atoms with van der Waals surface area (Å²) in [6, 6.07) is -0.912. The van der Waals surface area contributed by atoms with Gasteiger partial charge in [0, 0.05) is 6.42 Å². The smallest absolute Gasteiger partial charge is 0.268 e. The van der Waals surface area contributed by atoms with Crippen LogP contribution >= 0.6 is 7.82 Å². The van der Waals surface area contributed by atoms with Crippen LogP contribution in [0.15, 0.2) is 72.9 Å². The minimum atomic E-state index is -4.62. The lowest BCUT2D eigenvalue weighted by Gasteiger charge is -2.29. The van der Waals surface area contributed by atoms with Gasteiger partial charge in [-0.25, -0.2) is 0 Å². The van der Waals surface area contributed by atoms with E-state index in [-0.39, 0.29) is 12.5 Å². The molecule has 0 aromatic rings. The largest absolute Gasteiger partial charge is 0.756 e. The third kappa shape index (κ3) is 65.5. The van der Waals surface area contributed by atoms with Crippen LogP contribution in [0.5, 0.6) is 0 Å².